The van der Waals surface area contributed by atoms with E-state index in [1.54, 1.807) is 36.4 Å². The van der Waals surface area contributed by atoms with Crippen molar-refractivity contribution in [3.8, 4) is 6.07 Å². The van der Waals surface area contributed by atoms with Crippen molar-refractivity contribution >= 4 is 33.4 Å². The molecule has 0 spiro atoms. The Hall–Kier alpha value is -3.31. The van der Waals surface area contributed by atoms with Crippen LogP contribution in [0.15, 0.2) is 54.6 Å². The lowest BCUT2D eigenvalue weighted by Gasteiger charge is -2.23. The van der Waals surface area contributed by atoms with Gasteiger partial charge in [0.1, 0.15) is 0 Å². The third kappa shape index (κ3) is 6.09. The number of amides is 1. The number of rotatable bonds is 5. The Kier molecular flexibility index (Phi) is 6.75. The first-order chi connectivity index (χ1) is 14.3. The van der Waals surface area contributed by atoms with Crippen LogP contribution in [0.25, 0.3) is 6.08 Å². The maximum Gasteiger partial charge on any atom is 0.246 e. The van der Waals surface area contributed by atoms with E-state index in [2.05, 4.69) is 15.7 Å². The van der Waals surface area contributed by atoms with Crippen LogP contribution in [-0.4, -0.2) is 51.7 Å². The molecule has 0 aromatic heterocycles. The Morgan fingerprint density at radius 2 is 1.73 bits per heavy atom. The van der Waals surface area contributed by atoms with Crippen LogP contribution in [0.1, 0.15) is 17.5 Å². The fraction of sp³-hybridized carbons (Fsp3) is 0.273. The van der Waals surface area contributed by atoms with E-state index in [4.69, 9.17) is 5.26 Å². The molecule has 3 rings (SSSR count). The highest BCUT2D eigenvalue weighted by Gasteiger charge is 2.17. The van der Waals surface area contributed by atoms with Crippen molar-refractivity contribution in [2.75, 3.05) is 42.1 Å². The molecular formula is C22H24N4O3S. The molecule has 0 saturated carbocycles. The lowest BCUT2D eigenvalue weighted by atomic mass is 10.2. The number of carbonyl (C=O) groups is 1. The molecule has 0 aliphatic carbocycles. The van der Waals surface area contributed by atoms with Crippen LogP contribution in [0, 0.1) is 11.3 Å². The average Bonchev–Trinajstić information content (AvgIpc) is 2.98. The molecule has 7 nitrogen and oxygen atoms in total. The molecule has 1 saturated heterocycles. The summed E-state index contributed by atoms with van der Waals surface area (Å²) in [7, 11) is -3.31. The fourth-order valence-electron chi connectivity index (χ4n) is 3.29. The zero-order chi connectivity index (χ0) is 21.6. The van der Waals surface area contributed by atoms with Gasteiger partial charge in [0, 0.05) is 43.6 Å². The van der Waals surface area contributed by atoms with Gasteiger partial charge < -0.3 is 9.80 Å². The standard InChI is InChI=1S/C22H24N4O3S/c1-30(28,29)24-20-8-3-18(4-9-20)7-12-22(27)26-14-2-13-25(15-16-26)21-10-5-19(17-23)6-11-21/h3-12,24H,2,13-16H2,1H3/b12-7+. The molecule has 0 bridgehead atoms. The molecular weight excluding hydrogens is 400 g/mol. The number of nitrogens with one attached hydrogen (secondary N) is 1. The zero-order valence-electron chi connectivity index (χ0n) is 16.8. The Morgan fingerprint density at radius 1 is 1.03 bits per heavy atom. The van der Waals surface area contributed by atoms with Gasteiger partial charge in [0.15, 0.2) is 0 Å². The monoisotopic (exact) mass is 424 g/mol. The van der Waals surface area contributed by atoms with Crippen molar-refractivity contribution in [2.24, 2.45) is 0 Å². The lowest BCUT2D eigenvalue weighted by Crippen LogP contribution is -2.34. The van der Waals surface area contributed by atoms with Crippen LogP contribution in [0.5, 0.6) is 0 Å². The first-order valence-corrected chi connectivity index (χ1v) is 11.5. The van der Waals surface area contributed by atoms with E-state index in [0.717, 1.165) is 37.0 Å². The number of hydrogen-bond donors (Lipinski definition) is 1. The number of anilines is 2. The molecule has 0 unspecified atom stereocenters. The molecule has 1 aliphatic heterocycles. The van der Waals surface area contributed by atoms with Crippen molar-refractivity contribution in [1.29, 1.82) is 5.26 Å². The highest BCUT2D eigenvalue weighted by molar-refractivity contribution is 7.92. The molecule has 1 N–H and O–H groups in total. The van der Waals surface area contributed by atoms with Gasteiger partial charge in [-0.15, -0.1) is 0 Å². The summed E-state index contributed by atoms with van der Waals surface area (Å²) in [6.07, 6.45) is 5.25. The minimum atomic E-state index is -3.31. The third-order valence-electron chi connectivity index (χ3n) is 4.80. The van der Waals surface area contributed by atoms with Crippen molar-refractivity contribution in [3.05, 3.63) is 65.7 Å². The van der Waals surface area contributed by atoms with Crippen LogP contribution in [0.4, 0.5) is 11.4 Å². The molecule has 8 heteroatoms. The van der Waals surface area contributed by atoms with Gasteiger partial charge in [-0.1, -0.05) is 12.1 Å². The highest BCUT2D eigenvalue weighted by Crippen LogP contribution is 2.18. The molecule has 156 valence electrons. The first-order valence-electron chi connectivity index (χ1n) is 9.64. The summed E-state index contributed by atoms with van der Waals surface area (Å²) in [6.45, 7) is 2.90. The van der Waals surface area contributed by atoms with Crippen LogP contribution in [-0.2, 0) is 14.8 Å². The molecule has 1 heterocycles. The summed E-state index contributed by atoms with van der Waals surface area (Å²) in [5, 5.41) is 8.93. The predicted molar refractivity (Wildman–Crippen MR) is 119 cm³/mol. The Bertz CT molecular complexity index is 1060. The molecule has 0 radical (unpaired) electrons. The van der Waals surface area contributed by atoms with Crippen molar-refractivity contribution in [2.45, 2.75) is 6.42 Å². The van der Waals surface area contributed by atoms with Crippen LogP contribution in [0.3, 0.4) is 0 Å². The summed E-state index contributed by atoms with van der Waals surface area (Å²) in [6, 6.07) is 16.5. The van der Waals surface area contributed by atoms with Gasteiger partial charge in [0.25, 0.3) is 0 Å². The maximum atomic E-state index is 12.6. The summed E-state index contributed by atoms with van der Waals surface area (Å²) < 4.78 is 24.9. The van der Waals surface area contributed by atoms with E-state index in [-0.39, 0.29) is 5.91 Å². The average molecular weight is 425 g/mol. The summed E-state index contributed by atoms with van der Waals surface area (Å²) in [5.41, 5.74) is 2.99. The van der Waals surface area contributed by atoms with E-state index < -0.39 is 10.0 Å². The second kappa shape index (κ2) is 9.46. The number of sulfonamides is 1. The van der Waals surface area contributed by atoms with E-state index in [1.807, 2.05) is 29.2 Å². The first kappa shape index (κ1) is 21.4. The van der Waals surface area contributed by atoms with Gasteiger partial charge in [-0.2, -0.15) is 5.26 Å². The van der Waals surface area contributed by atoms with Crippen molar-refractivity contribution in [1.82, 2.24) is 4.90 Å². The van der Waals surface area contributed by atoms with E-state index in [9.17, 15) is 13.2 Å². The number of nitrogens with zero attached hydrogens (tertiary/aromatic N) is 3. The van der Waals surface area contributed by atoms with Gasteiger partial charge in [0.05, 0.1) is 17.9 Å². The van der Waals surface area contributed by atoms with Gasteiger partial charge in [-0.05, 0) is 54.5 Å². The second-order valence-electron chi connectivity index (χ2n) is 7.15. The highest BCUT2D eigenvalue weighted by atomic mass is 32.2. The summed E-state index contributed by atoms with van der Waals surface area (Å²) >= 11 is 0. The number of nitriles is 1. The van der Waals surface area contributed by atoms with Gasteiger partial charge in [-0.3, -0.25) is 9.52 Å². The molecule has 2 aromatic rings. The largest absolute Gasteiger partial charge is 0.370 e. The minimum absolute atomic E-state index is 0.0463. The molecule has 0 atom stereocenters. The molecule has 1 aliphatic rings. The van der Waals surface area contributed by atoms with Gasteiger partial charge >= 0.3 is 0 Å². The Morgan fingerprint density at radius 3 is 2.37 bits per heavy atom. The van der Waals surface area contributed by atoms with Crippen LogP contribution >= 0.6 is 0 Å². The lowest BCUT2D eigenvalue weighted by molar-refractivity contribution is -0.125. The number of benzene rings is 2. The quantitative estimate of drug-likeness (QED) is 0.745. The molecule has 1 amide bonds. The molecule has 2 aromatic carbocycles. The number of carbonyl (C=O) groups excluding carboxylic acids is 1. The molecule has 30 heavy (non-hydrogen) atoms. The minimum Gasteiger partial charge on any atom is -0.370 e. The van der Waals surface area contributed by atoms with Crippen LogP contribution < -0.4 is 9.62 Å². The SMILES string of the molecule is CS(=O)(=O)Nc1ccc(/C=C/C(=O)N2CCCN(c3ccc(C#N)cc3)CC2)cc1. The van der Waals surface area contributed by atoms with E-state index >= 15 is 0 Å². The third-order valence-corrected chi connectivity index (χ3v) is 5.41. The van der Waals surface area contributed by atoms with E-state index in [1.165, 1.54) is 0 Å². The maximum absolute atomic E-state index is 12.6. The van der Waals surface area contributed by atoms with Crippen LogP contribution in [0.2, 0.25) is 0 Å². The Balaban J connectivity index is 1.57. The summed E-state index contributed by atoms with van der Waals surface area (Å²) in [5.74, 6) is -0.0463. The zero-order valence-corrected chi connectivity index (χ0v) is 17.6. The Labute approximate surface area is 177 Å². The normalized spacial score (nSPS) is 14.9. The fourth-order valence-corrected chi connectivity index (χ4v) is 3.86. The summed E-state index contributed by atoms with van der Waals surface area (Å²) in [4.78, 5) is 16.7. The number of hydrogen-bond acceptors (Lipinski definition) is 5. The van der Waals surface area contributed by atoms with Gasteiger partial charge in [0.2, 0.25) is 15.9 Å². The topological polar surface area (TPSA) is 93.5 Å². The predicted octanol–water partition coefficient (Wildman–Crippen LogP) is 2.68. The van der Waals surface area contributed by atoms with Gasteiger partial charge in [-0.25, -0.2) is 8.42 Å². The smallest absolute Gasteiger partial charge is 0.246 e. The molecule has 1 fully saturated rings. The van der Waals surface area contributed by atoms with Crippen molar-refractivity contribution in [3.63, 3.8) is 0 Å². The second-order valence-corrected chi connectivity index (χ2v) is 8.90. The van der Waals surface area contributed by atoms with E-state index in [0.29, 0.717) is 24.3 Å². The van der Waals surface area contributed by atoms with Crippen molar-refractivity contribution < 1.29 is 13.2 Å².